The molecule has 4 unspecified atom stereocenters. The van der Waals surface area contributed by atoms with Gasteiger partial charge in [-0.3, -0.25) is 0 Å². The molecule has 0 saturated heterocycles. The molecule has 0 aliphatic heterocycles. The van der Waals surface area contributed by atoms with Gasteiger partial charge in [0.15, 0.2) is 0 Å². The Balaban J connectivity index is 1.86. The monoisotopic (exact) mass is 276 g/mol. The Labute approximate surface area is 88.6 Å². The second-order valence-corrected chi connectivity index (χ2v) is 8.41. The summed E-state index contributed by atoms with van der Waals surface area (Å²) in [7, 11) is 0. The standard InChI is InChI=1S/C11H17I/c1-10(2,12)9-7-4-3-5-11(7)6-8(9)11/h7-9H,3-6H2,1-2H3. The van der Waals surface area contributed by atoms with Crippen LogP contribution in [0.3, 0.4) is 0 Å². The maximum absolute atomic E-state index is 2.67. The Morgan fingerprint density at radius 2 is 2.08 bits per heavy atom. The molecule has 0 amide bonds. The van der Waals surface area contributed by atoms with Crippen molar-refractivity contribution in [1.29, 1.82) is 0 Å². The smallest absolute Gasteiger partial charge is 0.0199 e. The predicted molar refractivity (Wildman–Crippen MR) is 59.5 cm³/mol. The fourth-order valence-corrected chi connectivity index (χ4v) is 5.20. The fraction of sp³-hybridized carbons (Fsp3) is 1.00. The Kier molecular flexibility index (Phi) is 1.37. The molecule has 0 aromatic heterocycles. The first-order chi connectivity index (χ1) is 5.56. The lowest BCUT2D eigenvalue weighted by Gasteiger charge is -2.46. The van der Waals surface area contributed by atoms with Crippen LogP contribution in [0.5, 0.6) is 0 Å². The minimum Gasteiger partial charge on any atom is -0.0792 e. The molecular weight excluding hydrogens is 259 g/mol. The first-order valence-electron chi connectivity index (χ1n) is 5.25. The summed E-state index contributed by atoms with van der Waals surface area (Å²) in [6.07, 6.45) is 6.25. The van der Waals surface area contributed by atoms with Crippen molar-refractivity contribution in [2.24, 2.45) is 23.2 Å². The van der Waals surface area contributed by atoms with E-state index >= 15 is 0 Å². The summed E-state index contributed by atoms with van der Waals surface area (Å²) in [6.45, 7) is 4.86. The number of alkyl halides is 1. The van der Waals surface area contributed by atoms with Gasteiger partial charge < -0.3 is 0 Å². The first kappa shape index (κ1) is 8.07. The third-order valence-electron chi connectivity index (χ3n) is 4.73. The quantitative estimate of drug-likeness (QED) is 0.506. The van der Waals surface area contributed by atoms with E-state index in [1.165, 1.54) is 6.42 Å². The molecule has 3 aliphatic carbocycles. The SMILES string of the molecule is CC(C)(I)C1C2CCCC23CC13. The molecule has 4 atom stereocenters. The summed E-state index contributed by atoms with van der Waals surface area (Å²) in [5, 5.41) is 0. The van der Waals surface area contributed by atoms with Crippen LogP contribution in [0.1, 0.15) is 39.5 Å². The number of halogens is 1. The van der Waals surface area contributed by atoms with Crippen LogP contribution in [0.25, 0.3) is 0 Å². The molecular formula is C11H17I. The zero-order valence-electron chi connectivity index (χ0n) is 7.94. The van der Waals surface area contributed by atoms with Gasteiger partial charge in [0.2, 0.25) is 0 Å². The minimum absolute atomic E-state index is 0.567. The normalized spacial score (nSPS) is 55.8. The zero-order chi connectivity index (χ0) is 8.56. The Morgan fingerprint density at radius 3 is 2.75 bits per heavy atom. The van der Waals surface area contributed by atoms with E-state index in [0.717, 1.165) is 23.2 Å². The maximum Gasteiger partial charge on any atom is 0.0199 e. The molecule has 3 saturated carbocycles. The van der Waals surface area contributed by atoms with E-state index in [2.05, 4.69) is 36.4 Å². The maximum atomic E-state index is 2.67. The summed E-state index contributed by atoms with van der Waals surface area (Å²) in [5.41, 5.74) is 0.924. The van der Waals surface area contributed by atoms with Crippen molar-refractivity contribution in [1.82, 2.24) is 0 Å². The Bertz CT molecular complexity index is 228. The number of rotatable bonds is 1. The van der Waals surface area contributed by atoms with E-state index in [-0.39, 0.29) is 0 Å². The van der Waals surface area contributed by atoms with Crippen LogP contribution >= 0.6 is 22.6 Å². The van der Waals surface area contributed by atoms with E-state index < -0.39 is 0 Å². The molecule has 3 rings (SSSR count). The van der Waals surface area contributed by atoms with Crippen LogP contribution in [-0.4, -0.2) is 3.42 Å². The lowest BCUT2D eigenvalue weighted by Crippen LogP contribution is -2.44. The van der Waals surface area contributed by atoms with E-state index in [4.69, 9.17) is 0 Å². The molecule has 0 radical (unpaired) electrons. The second-order valence-electron chi connectivity index (χ2n) is 5.63. The second kappa shape index (κ2) is 2.04. The minimum atomic E-state index is 0.567. The topological polar surface area (TPSA) is 0 Å². The van der Waals surface area contributed by atoms with Gasteiger partial charge in [-0.1, -0.05) is 42.9 Å². The van der Waals surface area contributed by atoms with Crippen LogP contribution in [0, 0.1) is 23.2 Å². The molecule has 0 bridgehead atoms. The molecule has 0 N–H and O–H groups in total. The van der Waals surface area contributed by atoms with Crippen molar-refractivity contribution < 1.29 is 0 Å². The van der Waals surface area contributed by atoms with E-state index in [1.807, 2.05) is 0 Å². The highest BCUT2D eigenvalue weighted by Gasteiger charge is 2.76. The van der Waals surface area contributed by atoms with Crippen LogP contribution in [0.4, 0.5) is 0 Å². The predicted octanol–water partition coefficient (Wildman–Crippen LogP) is 3.64. The molecule has 3 fully saturated rings. The molecule has 3 aliphatic rings. The van der Waals surface area contributed by atoms with Crippen molar-refractivity contribution >= 4 is 22.6 Å². The average Bonchev–Trinajstić information content (AvgIpc) is 2.21. The van der Waals surface area contributed by atoms with Crippen LogP contribution in [0.15, 0.2) is 0 Å². The molecule has 12 heavy (non-hydrogen) atoms. The van der Waals surface area contributed by atoms with E-state index in [1.54, 1.807) is 19.3 Å². The fourth-order valence-electron chi connectivity index (χ4n) is 4.33. The third kappa shape index (κ3) is 0.753. The van der Waals surface area contributed by atoms with Crippen LogP contribution in [0.2, 0.25) is 0 Å². The van der Waals surface area contributed by atoms with E-state index in [0.29, 0.717) is 3.42 Å². The largest absolute Gasteiger partial charge is 0.0792 e. The highest BCUT2D eigenvalue weighted by atomic mass is 127. The van der Waals surface area contributed by atoms with Gasteiger partial charge in [0, 0.05) is 3.42 Å². The average molecular weight is 276 g/mol. The van der Waals surface area contributed by atoms with Crippen LogP contribution in [-0.2, 0) is 0 Å². The summed E-state index contributed by atoms with van der Waals surface area (Å²) in [4.78, 5) is 0. The zero-order valence-corrected chi connectivity index (χ0v) is 10.1. The summed E-state index contributed by atoms with van der Waals surface area (Å²) < 4.78 is 0.567. The Hall–Kier alpha value is 0.730. The Morgan fingerprint density at radius 1 is 1.33 bits per heavy atom. The van der Waals surface area contributed by atoms with Crippen molar-refractivity contribution in [3.8, 4) is 0 Å². The highest BCUT2D eigenvalue weighted by molar-refractivity contribution is 14.1. The van der Waals surface area contributed by atoms with Crippen molar-refractivity contribution in [2.75, 3.05) is 0 Å². The molecule has 0 aromatic rings. The molecule has 1 heteroatoms. The first-order valence-corrected chi connectivity index (χ1v) is 6.32. The summed E-state index contributed by atoms with van der Waals surface area (Å²) in [6, 6.07) is 0. The van der Waals surface area contributed by atoms with E-state index in [9.17, 15) is 0 Å². The van der Waals surface area contributed by atoms with Gasteiger partial charge in [0.1, 0.15) is 0 Å². The van der Waals surface area contributed by atoms with Crippen molar-refractivity contribution in [2.45, 2.75) is 43.0 Å². The van der Waals surface area contributed by atoms with Crippen molar-refractivity contribution in [3.63, 3.8) is 0 Å². The number of hydrogen-bond donors (Lipinski definition) is 0. The lowest BCUT2D eigenvalue weighted by atomic mass is 9.62. The molecule has 0 aromatic carbocycles. The van der Waals surface area contributed by atoms with Crippen molar-refractivity contribution in [3.05, 3.63) is 0 Å². The molecule has 1 spiro atoms. The third-order valence-corrected chi connectivity index (χ3v) is 5.45. The highest BCUT2D eigenvalue weighted by Crippen LogP contribution is 2.82. The lowest BCUT2D eigenvalue weighted by molar-refractivity contribution is 0.0699. The van der Waals surface area contributed by atoms with Gasteiger partial charge in [-0.25, -0.2) is 0 Å². The van der Waals surface area contributed by atoms with Gasteiger partial charge in [-0.2, -0.15) is 0 Å². The van der Waals surface area contributed by atoms with Gasteiger partial charge in [0.25, 0.3) is 0 Å². The van der Waals surface area contributed by atoms with Crippen LogP contribution < -0.4 is 0 Å². The van der Waals surface area contributed by atoms with Gasteiger partial charge in [-0.05, 0) is 42.4 Å². The summed E-state index contributed by atoms with van der Waals surface area (Å²) in [5.74, 6) is 3.35. The van der Waals surface area contributed by atoms with Gasteiger partial charge in [0.05, 0.1) is 0 Å². The van der Waals surface area contributed by atoms with Gasteiger partial charge >= 0.3 is 0 Å². The molecule has 0 nitrogen and oxygen atoms in total. The number of hydrogen-bond acceptors (Lipinski definition) is 0. The molecule has 0 heterocycles. The summed E-state index contributed by atoms with van der Waals surface area (Å²) >= 11 is 2.67. The molecule has 68 valence electrons. The van der Waals surface area contributed by atoms with Gasteiger partial charge in [-0.15, -0.1) is 0 Å².